The van der Waals surface area contributed by atoms with Crippen molar-refractivity contribution >= 4 is 21.6 Å². The second-order valence-corrected chi connectivity index (χ2v) is 6.65. The lowest BCUT2D eigenvalue weighted by atomic mass is 10.4. The second kappa shape index (κ2) is 5.95. The van der Waals surface area contributed by atoms with Crippen LogP contribution in [0.15, 0.2) is 15.4 Å². The molecule has 0 N–H and O–H groups in total. The van der Waals surface area contributed by atoms with E-state index in [4.69, 9.17) is 16.0 Å². The Morgan fingerprint density at radius 2 is 1.95 bits per heavy atom. The highest BCUT2D eigenvalue weighted by Gasteiger charge is 2.39. The molecule has 9 heteroatoms. The molecule has 0 bridgehead atoms. The van der Waals surface area contributed by atoms with Crippen LogP contribution >= 0.6 is 11.6 Å². The predicted octanol–water partition coefficient (Wildman–Crippen LogP) is 3.29. The normalized spacial score (nSPS) is 13.4. The number of rotatable bonds is 5. The third-order valence-electron chi connectivity index (χ3n) is 2.55. The quantitative estimate of drug-likeness (QED) is 0.777. The van der Waals surface area contributed by atoms with Crippen LogP contribution in [-0.4, -0.2) is 31.5 Å². The zero-order valence-electron chi connectivity index (χ0n) is 11.2. The van der Waals surface area contributed by atoms with Gasteiger partial charge in [0.25, 0.3) is 0 Å². The minimum atomic E-state index is -4.62. The fraction of sp³-hybridized carbons (Fsp3) is 0.636. The summed E-state index contributed by atoms with van der Waals surface area (Å²) in [6.45, 7) is 2.57. The third-order valence-corrected chi connectivity index (χ3v) is 4.95. The lowest BCUT2D eigenvalue weighted by Gasteiger charge is -2.26. The first-order valence-electron chi connectivity index (χ1n) is 5.73. The van der Waals surface area contributed by atoms with Crippen LogP contribution in [0.2, 0.25) is 0 Å². The molecule has 0 aliphatic heterocycles. The first kappa shape index (κ1) is 17.3. The Hall–Kier alpha value is -0.730. The SMILES string of the molecule is Cc1oc(CCl)cc1S(=O)(=O)N(CC(F)(F)F)C(C)C. The molecule has 0 aromatic carbocycles. The molecule has 0 saturated heterocycles. The van der Waals surface area contributed by atoms with Gasteiger partial charge in [-0.15, -0.1) is 11.6 Å². The standard InChI is InChI=1S/C11H15ClF3NO3S/c1-7(2)16(6-11(13,14)15)20(17,18)10-4-9(5-12)19-8(10)3/h4,7H,5-6H2,1-3H3. The summed E-state index contributed by atoms with van der Waals surface area (Å²) in [5, 5.41) is 0. The van der Waals surface area contributed by atoms with Crippen molar-refractivity contribution in [1.29, 1.82) is 0 Å². The van der Waals surface area contributed by atoms with E-state index in [2.05, 4.69) is 0 Å². The summed E-state index contributed by atoms with van der Waals surface area (Å²) < 4.78 is 67.7. The van der Waals surface area contributed by atoms with Crippen LogP contribution < -0.4 is 0 Å². The van der Waals surface area contributed by atoms with Crippen molar-refractivity contribution < 1.29 is 26.0 Å². The van der Waals surface area contributed by atoms with E-state index in [1.807, 2.05) is 0 Å². The molecule has 0 saturated carbocycles. The van der Waals surface area contributed by atoms with Gasteiger partial charge in [-0.3, -0.25) is 0 Å². The molecule has 0 atom stereocenters. The third kappa shape index (κ3) is 3.89. The first-order valence-corrected chi connectivity index (χ1v) is 7.70. The maximum absolute atomic E-state index is 12.5. The van der Waals surface area contributed by atoms with Crippen LogP contribution in [0.5, 0.6) is 0 Å². The molecular formula is C11H15ClF3NO3S. The minimum Gasteiger partial charge on any atom is -0.464 e. The van der Waals surface area contributed by atoms with E-state index < -0.39 is 28.8 Å². The highest BCUT2D eigenvalue weighted by atomic mass is 35.5. The maximum atomic E-state index is 12.5. The van der Waals surface area contributed by atoms with Crippen LogP contribution in [0.3, 0.4) is 0 Å². The van der Waals surface area contributed by atoms with Crippen molar-refractivity contribution in [2.75, 3.05) is 6.54 Å². The van der Waals surface area contributed by atoms with Crippen molar-refractivity contribution in [1.82, 2.24) is 4.31 Å². The van der Waals surface area contributed by atoms with Gasteiger partial charge in [0.1, 0.15) is 23.0 Å². The molecule has 0 aliphatic rings. The topological polar surface area (TPSA) is 50.5 Å². The maximum Gasteiger partial charge on any atom is 0.402 e. The van der Waals surface area contributed by atoms with Crippen molar-refractivity contribution in [3.8, 4) is 0 Å². The molecule has 0 radical (unpaired) electrons. The van der Waals surface area contributed by atoms with Crippen LogP contribution in [-0.2, 0) is 15.9 Å². The Morgan fingerprint density at radius 1 is 1.40 bits per heavy atom. The number of nitrogens with zero attached hydrogens (tertiary/aromatic N) is 1. The summed E-state index contributed by atoms with van der Waals surface area (Å²) in [5.74, 6) is 0.157. The van der Waals surface area contributed by atoms with Gasteiger partial charge in [0, 0.05) is 12.1 Å². The molecule has 1 rings (SSSR count). The molecule has 0 aliphatic carbocycles. The Kier molecular flexibility index (Phi) is 5.15. The van der Waals surface area contributed by atoms with Crippen molar-refractivity contribution in [3.63, 3.8) is 0 Å². The zero-order chi connectivity index (χ0) is 15.7. The molecule has 4 nitrogen and oxygen atoms in total. The fourth-order valence-electron chi connectivity index (χ4n) is 1.69. The lowest BCUT2D eigenvalue weighted by Crippen LogP contribution is -2.43. The fourth-order valence-corrected chi connectivity index (χ4v) is 3.64. The number of furan rings is 1. The molecule has 1 heterocycles. The molecule has 116 valence electrons. The van der Waals surface area contributed by atoms with Crippen molar-refractivity contribution in [3.05, 3.63) is 17.6 Å². The summed E-state index contributed by atoms with van der Waals surface area (Å²) in [7, 11) is -4.29. The largest absolute Gasteiger partial charge is 0.464 e. The van der Waals surface area contributed by atoms with Gasteiger partial charge < -0.3 is 4.42 Å². The Balaban J connectivity index is 3.26. The lowest BCUT2D eigenvalue weighted by molar-refractivity contribution is -0.138. The number of alkyl halides is 4. The van der Waals surface area contributed by atoms with E-state index in [9.17, 15) is 21.6 Å². The van der Waals surface area contributed by atoms with Crippen LogP contribution in [0.4, 0.5) is 13.2 Å². The minimum absolute atomic E-state index is 0.0217. The van der Waals surface area contributed by atoms with E-state index in [0.29, 0.717) is 4.31 Å². The molecule has 0 unspecified atom stereocenters. The molecule has 20 heavy (non-hydrogen) atoms. The number of sulfonamides is 1. The van der Waals surface area contributed by atoms with Crippen LogP contribution in [0, 0.1) is 6.92 Å². The first-order chi connectivity index (χ1) is 8.99. The number of hydrogen-bond acceptors (Lipinski definition) is 3. The van der Waals surface area contributed by atoms with Crippen LogP contribution in [0.25, 0.3) is 0 Å². The molecule has 1 aromatic rings. The van der Waals surface area contributed by atoms with E-state index in [0.717, 1.165) is 6.07 Å². The van der Waals surface area contributed by atoms with E-state index in [1.165, 1.54) is 20.8 Å². The average Bonchev–Trinajstić information content (AvgIpc) is 2.66. The summed E-state index contributed by atoms with van der Waals surface area (Å²) in [5.41, 5.74) is 0. The molecule has 0 amide bonds. The highest BCUT2D eigenvalue weighted by molar-refractivity contribution is 7.89. The van der Waals surface area contributed by atoms with Gasteiger partial charge in [-0.05, 0) is 20.8 Å². The van der Waals surface area contributed by atoms with Gasteiger partial charge >= 0.3 is 6.18 Å². The Labute approximate surface area is 120 Å². The van der Waals surface area contributed by atoms with Gasteiger partial charge in [0.05, 0.1) is 5.88 Å². The summed E-state index contributed by atoms with van der Waals surface area (Å²) in [6.07, 6.45) is -4.62. The highest BCUT2D eigenvalue weighted by Crippen LogP contribution is 2.28. The Morgan fingerprint density at radius 3 is 2.30 bits per heavy atom. The van der Waals surface area contributed by atoms with Gasteiger partial charge in [-0.1, -0.05) is 0 Å². The molecular weight excluding hydrogens is 319 g/mol. The molecule has 0 fully saturated rings. The smallest absolute Gasteiger partial charge is 0.402 e. The summed E-state index contributed by atoms with van der Waals surface area (Å²) in [4.78, 5) is -0.286. The van der Waals surface area contributed by atoms with Gasteiger partial charge in [0.2, 0.25) is 10.0 Å². The zero-order valence-corrected chi connectivity index (χ0v) is 12.7. The van der Waals surface area contributed by atoms with E-state index >= 15 is 0 Å². The Bertz CT molecular complexity index is 566. The van der Waals surface area contributed by atoms with E-state index in [1.54, 1.807) is 0 Å². The van der Waals surface area contributed by atoms with Crippen LogP contribution in [0.1, 0.15) is 25.4 Å². The monoisotopic (exact) mass is 333 g/mol. The predicted molar refractivity (Wildman–Crippen MR) is 68.1 cm³/mol. The second-order valence-electron chi connectivity index (χ2n) is 4.53. The average molecular weight is 334 g/mol. The molecule has 0 spiro atoms. The number of aryl methyl sites for hydroxylation is 1. The van der Waals surface area contributed by atoms with Gasteiger partial charge in [-0.25, -0.2) is 8.42 Å². The number of hydrogen-bond donors (Lipinski definition) is 0. The van der Waals surface area contributed by atoms with Gasteiger partial charge in [0.15, 0.2) is 0 Å². The summed E-state index contributed by atoms with van der Waals surface area (Å²) >= 11 is 5.53. The van der Waals surface area contributed by atoms with Gasteiger partial charge in [-0.2, -0.15) is 17.5 Å². The van der Waals surface area contributed by atoms with Crippen molar-refractivity contribution in [2.45, 2.75) is 43.8 Å². The van der Waals surface area contributed by atoms with E-state index in [-0.39, 0.29) is 22.3 Å². The summed E-state index contributed by atoms with van der Waals surface area (Å²) in [6, 6.07) is 0.319. The number of halogens is 4. The molecule has 1 aromatic heterocycles. The van der Waals surface area contributed by atoms with Crippen molar-refractivity contribution in [2.24, 2.45) is 0 Å².